The fraction of sp³-hybridized carbons (Fsp3) is 0.455. The maximum Gasteiger partial charge on any atom is 0.329 e. The van der Waals surface area contributed by atoms with E-state index in [1.54, 1.807) is 0 Å². The molecule has 0 aliphatic heterocycles. The highest BCUT2D eigenvalue weighted by molar-refractivity contribution is 7.52. The summed E-state index contributed by atoms with van der Waals surface area (Å²) in [5.41, 5.74) is 0.0618. The van der Waals surface area contributed by atoms with Gasteiger partial charge in [0.25, 0.3) is 0 Å². The maximum atomic E-state index is 13.0. The largest absolute Gasteiger partial charge is 0.481 e. The van der Waals surface area contributed by atoms with Gasteiger partial charge >= 0.3 is 31.5 Å². The fourth-order valence-corrected chi connectivity index (χ4v) is 4.53. The minimum atomic E-state index is -4.72. The maximum absolute atomic E-state index is 13.0. The second-order valence-corrected chi connectivity index (χ2v) is 10.1. The van der Waals surface area contributed by atoms with Gasteiger partial charge in [-0.25, -0.2) is 9.18 Å². The van der Waals surface area contributed by atoms with Crippen LogP contribution < -0.4 is 5.32 Å². The van der Waals surface area contributed by atoms with Crippen molar-refractivity contribution in [3.63, 3.8) is 0 Å². The lowest BCUT2D eigenvalue weighted by atomic mass is 9.94. The van der Waals surface area contributed by atoms with E-state index < -0.39 is 105 Å². The van der Waals surface area contributed by atoms with Crippen LogP contribution >= 0.6 is 7.60 Å². The van der Waals surface area contributed by atoms with Crippen molar-refractivity contribution in [3.05, 3.63) is 35.6 Å². The minimum absolute atomic E-state index is 0.0618. The molecule has 0 saturated heterocycles. The number of benzene rings is 1. The molecule has 1 amide bonds. The molecule has 38 heavy (non-hydrogen) atoms. The lowest BCUT2D eigenvalue weighted by molar-refractivity contribution is -0.144. The Morgan fingerprint density at radius 2 is 1.42 bits per heavy atom. The van der Waals surface area contributed by atoms with Crippen molar-refractivity contribution in [2.45, 2.75) is 38.1 Å². The van der Waals surface area contributed by atoms with Gasteiger partial charge in [-0.3, -0.25) is 28.5 Å². The number of carbonyl (C=O) groups excluding carboxylic acids is 2. The average Bonchev–Trinajstić information content (AvgIpc) is 2.81. The number of carboxylic acid groups (broad SMARTS) is 4. The molecule has 6 N–H and O–H groups in total. The van der Waals surface area contributed by atoms with E-state index >= 15 is 0 Å². The van der Waals surface area contributed by atoms with Crippen LogP contribution in [0.5, 0.6) is 0 Å². The summed E-state index contributed by atoms with van der Waals surface area (Å²) in [6.45, 7) is -1.05. The molecule has 0 heterocycles. The third-order valence-corrected chi connectivity index (χ3v) is 6.71. The predicted molar refractivity (Wildman–Crippen MR) is 124 cm³/mol. The molecular formula is C22H27FNO13P. The number of carboxylic acids is 4. The SMILES string of the molecule is O=C(O)CC[C@H](CP(=O)(O)OC[C@H](NC(=O)CC[C@H](CC(=O)c1ccc(F)cc1)C(=O)O)C(=O)O)C(=O)O. The zero-order valence-corrected chi connectivity index (χ0v) is 20.7. The Hall–Kier alpha value is -3.68. The molecule has 1 aromatic rings. The van der Waals surface area contributed by atoms with Gasteiger partial charge in [0.15, 0.2) is 11.8 Å². The molecule has 0 aliphatic rings. The van der Waals surface area contributed by atoms with Gasteiger partial charge in [0.2, 0.25) is 5.91 Å². The third-order valence-electron chi connectivity index (χ3n) is 5.25. The average molecular weight is 563 g/mol. The van der Waals surface area contributed by atoms with E-state index in [2.05, 4.69) is 4.52 Å². The Bertz CT molecular complexity index is 1090. The van der Waals surface area contributed by atoms with Crippen molar-refractivity contribution in [1.29, 1.82) is 0 Å². The number of hydrogen-bond acceptors (Lipinski definition) is 8. The van der Waals surface area contributed by atoms with Gasteiger partial charge in [0.05, 0.1) is 24.6 Å². The Morgan fingerprint density at radius 1 is 0.868 bits per heavy atom. The first-order chi connectivity index (χ1) is 17.6. The molecule has 1 unspecified atom stereocenters. The van der Waals surface area contributed by atoms with Crippen molar-refractivity contribution in [2.24, 2.45) is 11.8 Å². The summed E-state index contributed by atoms with van der Waals surface area (Å²) in [5.74, 6) is -11.0. The number of rotatable bonds is 18. The van der Waals surface area contributed by atoms with Gasteiger partial charge in [0.1, 0.15) is 5.82 Å². The summed E-state index contributed by atoms with van der Waals surface area (Å²) in [6.07, 6.45) is -3.50. The first kappa shape index (κ1) is 32.3. The molecule has 0 radical (unpaired) electrons. The van der Waals surface area contributed by atoms with Crippen LogP contribution in [0.2, 0.25) is 0 Å². The van der Waals surface area contributed by atoms with Gasteiger partial charge in [0, 0.05) is 24.8 Å². The van der Waals surface area contributed by atoms with Gasteiger partial charge in [-0.1, -0.05) is 0 Å². The Morgan fingerprint density at radius 3 is 1.92 bits per heavy atom. The second-order valence-electron chi connectivity index (χ2n) is 8.25. The van der Waals surface area contributed by atoms with Crippen molar-refractivity contribution in [2.75, 3.05) is 12.8 Å². The molecule has 1 aromatic carbocycles. The van der Waals surface area contributed by atoms with Crippen LogP contribution in [-0.2, 0) is 33.1 Å². The van der Waals surface area contributed by atoms with E-state index in [1.165, 1.54) is 12.1 Å². The number of nitrogens with one attached hydrogen (secondary N) is 1. The molecule has 0 saturated carbocycles. The number of ketones is 1. The van der Waals surface area contributed by atoms with Crippen molar-refractivity contribution >= 4 is 43.2 Å². The summed E-state index contributed by atoms with van der Waals surface area (Å²) < 4.78 is 29.9. The van der Waals surface area contributed by atoms with Crippen LogP contribution in [0.15, 0.2) is 24.3 Å². The number of hydrogen-bond donors (Lipinski definition) is 6. The zero-order chi connectivity index (χ0) is 29.0. The van der Waals surface area contributed by atoms with Gasteiger partial charge in [-0.2, -0.15) is 0 Å². The molecule has 14 nitrogen and oxygen atoms in total. The molecule has 0 spiro atoms. The topological polar surface area (TPSA) is 242 Å². The van der Waals surface area contributed by atoms with Crippen molar-refractivity contribution in [1.82, 2.24) is 5.32 Å². The van der Waals surface area contributed by atoms with Gasteiger partial charge in [-0.15, -0.1) is 0 Å². The predicted octanol–water partition coefficient (Wildman–Crippen LogP) is 1.22. The van der Waals surface area contributed by atoms with Crippen LogP contribution in [0.4, 0.5) is 4.39 Å². The molecule has 0 aromatic heterocycles. The lowest BCUT2D eigenvalue weighted by Crippen LogP contribution is -2.44. The number of aliphatic carboxylic acids is 4. The van der Waals surface area contributed by atoms with E-state index in [-0.39, 0.29) is 12.0 Å². The van der Waals surface area contributed by atoms with Crippen LogP contribution in [0.3, 0.4) is 0 Å². The quantitative estimate of drug-likeness (QED) is 0.109. The van der Waals surface area contributed by atoms with Crippen molar-refractivity contribution in [3.8, 4) is 0 Å². The molecule has 0 aliphatic carbocycles. The van der Waals surface area contributed by atoms with E-state index in [4.69, 9.17) is 10.2 Å². The summed E-state index contributed by atoms with van der Waals surface area (Å²) in [7, 11) is -4.72. The number of halogens is 1. The highest BCUT2D eigenvalue weighted by Gasteiger charge is 2.33. The van der Waals surface area contributed by atoms with Crippen LogP contribution in [0, 0.1) is 17.7 Å². The van der Waals surface area contributed by atoms with Crippen LogP contribution in [0.1, 0.15) is 42.5 Å². The Kier molecular flexibility index (Phi) is 12.7. The molecule has 210 valence electrons. The first-order valence-corrected chi connectivity index (χ1v) is 12.8. The third kappa shape index (κ3) is 12.0. The minimum Gasteiger partial charge on any atom is -0.481 e. The summed E-state index contributed by atoms with van der Waals surface area (Å²) in [4.78, 5) is 79.1. The van der Waals surface area contributed by atoms with E-state index in [9.17, 15) is 52.8 Å². The fourth-order valence-electron chi connectivity index (χ4n) is 3.15. The lowest BCUT2D eigenvalue weighted by Gasteiger charge is -2.20. The van der Waals surface area contributed by atoms with Crippen LogP contribution in [-0.4, -0.2) is 79.7 Å². The van der Waals surface area contributed by atoms with Crippen molar-refractivity contribution < 1.29 is 67.6 Å². The molecule has 4 atom stereocenters. The Balaban J connectivity index is 2.69. The summed E-state index contributed by atoms with van der Waals surface area (Å²) >= 11 is 0. The highest BCUT2D eigenvalue weighted by Crippen LogP contribution is 2.44. The highest BCUT2D eigenvalue weighted by atomic mass is 31.2. The smallest absolute Gasteiger partial charge is 0.329 e. The second kappa shape index (κ2) is 14.9. The van der Waals surface area contributed by atoms with Gasteiger partial charge in [-0.05, 0) is 37.1 Å². The summed E-state index contributed by atoms with van der Waals surface area (Å²) in [5, 5.41) is 38.4. The Labute approximate surface area is 215 Å². The first-order valence-electron chi connectivity index (χ1n) is 11.1. The molecule has 0 bridgehead atoms. The zero-order valence-electron chi connectivity index (χ0n) is 19.8. The van der Waals surface area contributed by atoms with E-state index in [0.29, 0.717) is 0 Å². The molecule has 0 fully saturated rings. The van der Waals surface area contributed by atoms with E-state index in [0.717, 1.165) is 12.1 Å². The normalized spacial score (nSPS) is 14.9. The number of carbonyl (C=O) groups is 6. The number of Topliss-reactive ketones (excluding diaryl/α,β-unsaturated/α-hetero) is 1. The molecular weight excluding hydrogens is 536 g/mol. The van der Waals surface area contributed by atoms with Crippen LogP contribution in [0.25, 0.3) is 0 Å². The standard InChI is InChI=1S/C22H27FNO13P/c23-15-5-1-12(2-6-15)17(25)9-13(20(29)30)3-7-18(26)24-16(22(33)34)10-37-38(35,36)11-14(21(31)32)4-8-19(27)28/h1-2,5-6,13-14,16H,3-4,7-11H2,(H,24,26)(H,27,28)(H,29,30)(H,31,32)(H,33,34)(H,35,36)/t13-,14-,16+/m1/s1. The number of amides is 1. The summed E-state index contributed by atoms with van der Waals surface area (Å²) in [6, 6.07) is 2.52. The molecule has 1 rings (SSSR count). The van der Waals surface area contributed by atoms with E-state index in [1.807, 2.05) is 5.32 Å². The molecule has 16 heteroatoms. The monoisotopic (exact) mass is 563 g/mol. The van der Waals surface area contributed by atoms with Gasteiger partial charge < -0.3 is 35.2 Å².